The summed E-state index contributed by atoms with van der Waals surface area (Å²) in [5.41, 5.74) is 0.705. The molecule has 0 fully saturated rings. The van der Waals surface area contributed by atoms with Crippen molar-refractivity contribution in [1.82, 2.24) is 0 Å². The number of carbonyl (C=O) groups is 1. The average Bonchev–Trinajstić information content (AvgIpc) is 2.19. The summed E-state index contributed by atoms with van der Waals surface area (Å²) in [6.45, 7) is 0.192. The Labute approximate surface area is 95.8 Å². The summed E-state index contributed by atoms with van der Waals surface area (Å²) in [4.78, 5) is 11.7. The van der Waals surface area contributed by atoms with Crippen LogP contribution in [0.25, 0.3) is 0 Å². The molecule has 0 aliphatic rings. The number of halogens is 1. The summed E-state index contributed by atoms with van der Waals surface area (Å²) in [6, 6.07) is 5.56. The molecule has 0 spiro atoms. The highest BCUT2D eigenvalue weighted by molar-refractivity contribution is 9.10. The van der Waals surface area contributed by atoms with Crippen LogP contribution in [-0.4, -0.2) is 23.8 Å². The van der Waals surface area contributed by atoms with E-state index in [1.165, 1.54) is 0 Å². The molecular weight excluding hydrogens is 264 g/mol. The Hall–Kier alpha value is -0.320. The molecule has 0 aromatic heterocycles. The first kappa shape index (κ1) is 11.8. The standard InChI is InChI=1S/C10H11BrO2S/c11-9-3-2-8(7-13)10(6-9)14-5-1-4-12/h2-3,6-7,12H,1,4-5H2. The van der Waals surface area contributed by atoms with Crippen LogP contribution in [0.15, 0.2) is 27.6 Å². The second-order valence-corrected chi connectivity index (χ2v) is 4.78. The lowest BCUT2D eigenvalue weighted by molar-refractivity contribution is 0.112. The molecule has 0 unspecified atom stereocenters. The Morgan fingerprint density at radius 2 is 2.29 bits per heavy atom. The minimum Gasteiger partial charge on any atom is -0.396 e. The van der Waals surface area contributed by atoms with Crippen LogP contribution in [0, 0.1) is 0 Å². The lowest BCUT2D eigenvalue weighted by Gasteiger charge is -2.04. The van der Waals surface area contributed by atoms with E-state index in [9.17, 15) is 4.79 Å². The zero-order valence-electron chi connectivity index (χ0n) is 7.57. The number of thioether (sulfide) groups is 1. The average molecular weight is 275 g/mol. The quantitative estimate of drug-likeness (QED) is 0.510. The predicted molar refractivity (Wildman–Crippen MR) is 62.0 cm³/mol. The van der Waals surface area contributed by atoms with Gasteiger partial charge in [-0.05, 0) is 24.6 Å². The number of rotatable bonds is 5. The number of benzene rings is 1. The van der Waals surface area contributed by atoms with Crippen LogP contribution in [-0.2, 0) is 0 Å². The van der Waals surface area contributed by atoms with E-state index < -0.39 is 0 Å². The van der Waals surface area contributed by atoms with Crippen molar-refractivity contribution in [2.24, 2.45) is 0 Å². The monoisotopic (exact) mass is 274 g/mol. The minimum absolute atomic E-state index is 0.192. The van der Waals surface area contributed by atoms with Gasteiger partial charge in [-0.15, -0.1) is 11.8 Å². The maximum absolute atomic E-state index is 10.7. The van der Waals surface area contributed by atoms with Crippen molar-refractivity contribution in [2.75, 3.05) is 12.4 Å². The third-order valence-electron chi connectivity index (χ3n) is 1.66. The second-order valence-electron chi connectivity index (χ2n) is 2.73. The van der Waals surface area contributed by atoms with Gasteiger partial charge in [0.25, 0.3) is 0 Å². The van der Waals surface area contributed by atoms with Crippen LogP contribution in [0.3, 0.4) is 0 Å². The van der Waals surface area contributed by atoms with Gasteiger partial charge < -0.3 is 5.11 Å². The molecule has 1 aromatic carbocycles. The number of hydrogen-bond donors (Lipinski definition) is 1. The summed E-state index contributed by atoms with van der Waals surface area (Å²) in [5, 5.41) is 8.63. The molecular formula is C10H11BrO2S. The van der Waals surface area contributed by atoms with Gasteiger partial charge in [-0.2, -0.15) is 0 Å². The summed E-state index contributed by atoms with van der Waals surface area (Å²) in [7, 11) is 0. The third kappa shape index (κ3) is 3.44. The van der Waals surface area contributed by atoms with Crippen LogP contribution >= 0.6 is 27.7 Å². The molecule has 0 amide bonds. The van der Waals surface area contributed by atoms with Crippen molar-refractivity contribution in [3.8, 4) is 0 Å². The Kier molecular flexibility index (Phi) is 5.22. The van der Waals surface area contributed by atoms with Crippen LogP contribution in [0.2, 0.25) is 0 Å². The van der Waals surface area contributed by atoms with Gasteiger partial charge in [0.05, 0.1) is 0 Å². The van der Waals surface area contributed by atoms with Gasteiger partial charge in [0, 0.05) is 27.3 Å². The van der Waals surface area contributed by atoms with Crippen molar-refractivity contribution >= 4 is 34.0 Å². The molecule has 76 valence electrons. The lowest BCUT2D eigenvalue weighted by atomic mass is 10.2. The summed E-state index contributed by atoms with van der Waals surface area (Å²) in [5.74, 6) is 0.827. The Morgan fingerprint density at radius 3 is 2.93 bits per heavy atom. The molecule has 0 aliphatic heterocycles. The number of aliphatic hydroxyl groups is 1. The van der Waals surface area contributed by atoms with Gasteiger partial charge in [0.15, 0.2) is 6.29 Å². The molecule has 0 saturated heterocycles. The van der Waals surface area contributed by atoms with Crippen LogP contribution < -0.4 is 0 Å². The highest BCUT2D eigenvalue weighted by Gasteiger charge is 2.02. The smallest absolute Gasteiger partial charge is 0.151 e. The van der Waals surface area contributed by atoms with Gasteiger partial charge in [-0.25, -0.2) is 0 Å². The van der Waals surface area contributed by atoms with Crippen LogP contribution in [0.5, 0.6) is 0 Å². The number of aliphatic hydroxyl groups excluding tert-OH is 1. The molecule has 0 atom stereocenters. The first-order valence-electron chi connectivity index (χ1n) is 4.26. The van der Waals surface area contributed by atoms with E-state index in [1.807, 2.05) is 12.1 Å². The van der Waals surface area contributed by atoms with E-state index in [0.717, 1.165) is 27.8 Å². The highest BCUT2D eigenvalue weighted by Crippen LogP contribution is 2.25. The molecule has 4 heteroatoms. The van der Waals surface area contributed by atoms with Crippen LogP contribution in [0.4, 0.5) is 0 Å². The first-order chi connectivity index (χ1) is 6.77. The Balaban J connectivity index is 2.72. The maximum Gasteiger partial charge on any atom is 0.151 e. The normalized spacial score (nSPS) is 10.1. The molecule has 0 bridgehead atoms. The highest BCUT2D eigenvalue weighted by atomic mass is 79.9. The zero-order valence-corrected chi connectivity index (χ0v) is 9.97. The van der Waals surface area contributed by atoms with E-state index in [-0.39, 0.29) is 6.61 Å². The zero-order chi connectivity index (χ0) is 10.4. The van der Waals surface area contributed by atoms with Gasteiger partial charge in [0.1, 0.15) is 0 Å². The molecule has 0 aliphatic carbocycles. The predicted octanol–water partition coefficient (Wildman–Crippen LogP) is 2.74. The van der Waals surface area contributed by atoms with Gasteiger partial charge in [-0.3, -0.25) is 4.79 Å². The fourth-order valence-corrected chi connectivity index (χ4v) is 2.48. The lowest BCUT2D eigenvalue weighted by Crippen LogP contribution is -1.89. The molecule has 0 heterocycles. The van der Waals surface area contributed by atoms with Crippen molar-refractivity contribution in [1.29, 1.82) is 0 Å². The SMILES string of the molecule is O=Cc1ccc(Br)cc1SCCCO. The maximum atomic E-state index is 10.7. The van der Waals surface area contributed by atoms with Gasteiger partial charge >= 0.3 is 0 Å². The van der Waals surface area contributed by atoms with E-state index in [2.05, 4.69) is 15.9 Å². The number of aldehydes is 1. The van der Waals surface area contributed by atoms with E-state index in [0.29, 0.717) is 5.56 Å². The summed E-state index contributed by atoms with van der Waals surface area (Å²) < 4.78 is 0.967. The van der Waals surface area contributed by atoms with E-state index in [1.54, 1.807) is 17.8 Å². The number of carbonyl (C=O) groups excluding carboxylic acids is 1. The van der Waals surface area contributed by atoms with Crippen molar-refractivity contribution in [2.45, 2.75) is 11.3 Å². The van der Waals surface area contributed by atoms with Gasteiger partial charge in [-0.1, -0.05) is 15.9 Å². The van der Waals surface area contributed by atoms with Gasteiger partial charge in [0.2, 0.25) is 0 Å². The van der Waals surface area contributed by atoms with E-state index >= 15 is 0 Å². The molecule has 0 radical (unpaired) electrons. The second kappa shape index (κ2) is 6.22. The van der Waals surface area contributed by atoms with Crippen molar-refractivity contribution in [3.05, 3.63) is 28.2 Å². The molecule has 1 N–H and O–H groups in total. The fraction of sp³-hybridized carbons (Fsp3) is 0.300. The number of hydrogen-bond acceptors (Lipinski definition) is 3. The summed E-state index contributed by atoms with van der Waals surface area (Å²) >= 11 is 4.94. The Bertz CT molecular complexity index is 315. The molecule has 0 saturated carbocycles. The molecule has 1 rings (SSSR count). The molecule has 14 heavy (non-hydrogen) atoms. The summed E-state index contributed by atoms with van der Waals surface area (Å²) in [6.07, 6.45) is 1.60. The fourth-order valence-electron chi connectivity index (χ4n) is 0.977. The third-order valence-corrected chi connectivity index (χ3v) is 3.31. The molecule has 2 nitrogen and oxygen atoms in total. The van der Waals surface area contributed by atoms with Crippen molar-refractivity contribution in [3.63, 3.8) is 0 Å². The molecule has 1 aromatic rings. The topological polar surface area (TPSA) is 37.3 Å². The first-order valence-corrected chi connectivity index (χ1v) is 6.04. The largest absolute Gasteiger partial charge is 0.396 e. The van der Waals surface area contributed by atoms with E-state index in [4.69, 9.17) is 5.11 Å². The Morgan fingerprint density at radius 1 is 1.50 bits per heavy atom. The van der Waals surface area contributed by atoms with Crippen molar-refractivity contribution < 1.29 is 9.90 Å². The van der Waals surface area contributed by atoms with Crippen LogP contribution in [0.1, 0.15) is 16.8 Å². The minimum atomic E-state index is 0.192.